The molecule has 1 unspecified atom stereocenters. The summed E-state index contributed by atoms with van der Waals surface area (Å²) in [6.45, 7) is 3.31. The van der Waals surface area contributed by atoms with E-state index in [9.17, 15) is 9.18 Å². The Morgan fingerprint density at radius 3 is 2.79 bits per heavy atom. The fourth-order valence-corrected chi connectivity index (χ4v) is 2.79. The molecule has 3 rings (SSSR count). The Kier molecular flexibility index (Phi) is 4.76. The van der Waals surface area contributed by atoms with Gasteiger partial charge in [-0.05, 0) is 43.3 Å². The third-order valence-corrected chi connectivity index (χ3v) is 4.04. The van der Waals surface area contributed by atoms with Crippen LogP contribution in [-0.2, 0) is 4.74 Å². The number of nitrogens with zero attached hydrogens (tertiary/aromatic N) is 2. The molecule has 0 radical (unpaired) electrons. The van der Waals surface area contributed by atoms with Gasteiger partial charge >= 0.3 is 0 Å². The largest absolute Gasteiger partial charge is 0.388 e. The zero-order valence-corrected chi connectivity index (χ0v) is 13.8. The van der Waals surface area contributed by atoms with Crippen molar-refractivity contribution in [1.82, 2.24) is 9.88 Å². The molecule has 24 heavy (non-hydrogen) atoms. The van der Waals surface area contributed by atoms with Gasteiger partial charge in [0.25, 0.3) is 5.91 Å². The van der Waals surface area contributed by atoms with Gasteiger partial charge in [-0.3, -0.25) is 9.78 Å². The van der Waals surface area contributed by atoms with Crippen LogP contribution in [0.1, 0.15) is 27.8 Å². The molecule has 1 aromatic heterocycles. The number of hydrogen-bond donors (Lipinski definition) is 1. The summed E-state index contributed by atoms with van der Waals surface area (Å²) in [6.07, 6.45) is -0.268. The number of aromatic nitrogens is 1. The van der Waals surface area contributed by atoms with Crippen LogP contribution in [0.3, 0.4) is 0 Å². The molecule has 1 aliphatic heterocycles. The maximum atomic E-state index is 13.0. The summed E-state index contributed by atoms with van der Waals surface area (Å²) in [5.74, 6) is -0.472. The lowest BCUT2D eigenvalue weighted by atomic mass is 10.1. The highest BCUT2D eigenvalue weighted by Crippen LogP contribution is 2.24. The first-order valence-corrected chi connectivity index (χ1v) is 7.89. The number of aryl methyl sites for hydroxylation is 1. The van der Waals surface area contributed by atoms with E-state index in [1.807, 2.05) is 26.1 Å². The van der Waals surface area contributed by atoms with Crippen LogP contribution in [-0.4, -0.2) is 42.5 Å². The summed E-state index contributed by atoms with van der Waals surface area (Å²) >= 11 is 0. The highest BCUT2D eigenvalue weighted by molar-refractivity contribution is 5.94. The van der Waals surface area contributed by atoms with Crippen LogP contribution < -0.4 is 5.32 Å². The van der Waals surface area contributed by atoms with Crippen LogP contribution >= 0.6 is 0 Å². The van der Waals surface area contributed by atoms with Crippen molar-refractivity contribution in [1.29, 1.82) is 0 Å². The lowest BCUT2D eigenvalue weighted by Crippen LogP contribution is -2.42. The fraction of sp³-hybridized carbons (Fsp3) is 0.333. The van der Waals surface area contributed by atoms with Crippen molar-refractivity contribution in [3.63, 3.8) is 0 Å². The average molecular weight is 329 g/mol. The predicted molar refractivity (Wildman–Crippen MR) is 89.5 cm³/mol. The van der Waals surface area contributed by atoms with E-state index in [4.69, 9.17) is 4.74 Å². The Hall–Kier alpha value is -2.47. The van der Waals surface area contributed by atoms with Crippen molar-refractivity contribution in [2.75, 3.05) is 32.1 Å². The van der Waals surface area contributed by atoms with Crippen molar-refractivity contribution in [3.05, 3.63) is 59.2 Å². The van der Waals surface area contributed by atoms with Crippen LogP contribution in [0.4, 0.5) is 10.1 Å². The lowest BCUT2D eigenvalue weighted by molar-refractivity contribution is -0.0247. The van der Waals surface area contributed by atoms with Crippen LogP contribution in [0.2, 0.25) is 0 Å². The van der Waals surface area contributed by atoms with Crippen LogP contribution in [0, 0.1) is 12.7 Å². The number of halogens is 1. The summed E-state index contributed by atoms with van der Waals surface area (Å²) in [5, 5.41) is 3.10. The van der Waals surface area contributed by atoms with E-state index in [1.54, 1.807) is 4.90 Å². The van der Waals surface area contributed by atoms with Gasteiger partial charge in [0.2, 0.25) is 0 Å². The number of amides is 1. The second-order valence-electron chi connectivity index (χ2n) is 5.79. The van der Waals surface area contributed by atoms with Gasteiger partial charge in [-0.1, -0.05) is 0 Å². The summed E-state index contributed by atoms with van der Waals surface area (Å²) < 4.78 is 18.8. The minimum absolute atomic E-state index is 0.121. The van der Waals surface area contributed by atoms with E-state index in [2.05, 4.69) is 10.3 Å². The molecular formula is C18H20FN3O2. The van der Waals surface area contributed by atoms with E-state index < -0.39 is 0 Å². The number of carbonyl (C=O) groups excluding carboxylic acids is 1. The van der Waals surface area contributed by atoms with Gasteiger partial charge in [0.1, 0.15) is 11.9 Å². The van der Waals surface area contributed by atoms with Crippen LogP contribution in [0.25, 0.3) is 0 Å². The molecule has 2 aromatic rings. The number of morpholine rings is 1. The van der Waals surface area contributed by atoms with Gasteiger partial charge in [-0.15, -0.1) is 0 Å². The molecule has 0 bridgehead atoms. The predicted octanol–water partition coefficient (Wildman–Crippen LogP) is 2.78. The normalized spacial score (nSPS) is 17.6. The van der Waals surface area contributed by atoms with Gasteiger partial charge < -0.3 is 15.0 Å². The molecule has 2 heterocycles. The molecule has 6 heteroatoms. The number of pyridine rings is 1. The topological polar surface area (TPSA) is 54.5 Å². The SMILES string of the molecule is CNc1cc(C)nc(C2CN(C(=O)c3ccc(F)cc3)CCO2)c1. The molecule has 1 amide bonds. The number of anilines is 1. The van der Waals surface area contributed by atoms with Gasteiger partial charge in [0.15, 0.2) is 0 Å². The van der Waals surface area contributed by atoms with E-state index in [0.29, 0.717) is 25.3 Å². The molecular weight excluding hydrogens is 309 g/mol. The van der Waals surface area contributed by atoms with E-state index in [-0.39, 0.29) is 17.8 Å². The fourth-order valence-electron chi connectivity index (χ4n) is 2.79. The summed E-state index contributed by atoms with van der Waals surface area (Å²) in [7, 11) is 1.85. The van der Waals surface area contributed by atoms with E-state index >= 15 is 0 Å². The number of benzene rings is 1. The first kappa shape index (κ1) is 16.4. The molecule has 1 aromatic carbocycles. The molecule has 1 fully saturated rings. The first-order chi connectivity index (χ1) is 11.6. The first-order valence-electron chi connectivity index (χ1n) is 7.89. The minimum Gasteiger partial charge on any atom is -0.388 e. The number of rotatable bonds is 3. The van der Waals surface area contributed by atoms with E-state index in [0.717, 1.165) is 17.1 Å². The quantitative estimate of drug-likeness (QED) is 0.941. The maximum absolute atomic E-state index is 13.0. The van der Waals surface area contributed by atoms with Crippen molar-refractivity contribution < 1.29 is 13.9 Å². The zero-order chi connectivity index (χ0) is 17.1. The molecule has 0 spiro atoms. The molecule has 0 saturated carbocycles. The van der Waals surface area contributed by atoms with Crippen molar-refractivity contribution in [2.45, 2.75) is 13.0 Å². The highest BCUT2D eigenvalue weighted by Gasteiger charge is 2.27. The molecule has 5 nitrogen and oxygen atoms in total. The monoisotopic (exact) mass is 329 g/mol. The molecule has 1 N–H and O–H groups in total. The highest BCUT2D eigenvalue weighted by atomic mass is 19.1. The van der Waals surface area contributed by atoms with Crippen molar-refractivity contribution >= 4 is 11.6 Å². The third-order valence-electron chi connectivity index (χ3n) is 4.04. The second-order valence-corrected chi connectivity index (χ2v) is 5.79. The Balaban J connectivity index is 1.78. The minimum atomic E-state index is -0.352. The van der Waals surface area contributed by atoms with Gasteiger partial charge in [0, 0.05) is 30.5 Å². The number of nitrogens with one attached hydrogen (secondary N) is 1. The van der Waals surface area contributed by atoms with Crippen molar-refractivity contribution in [3.8, 4) is 0 Å². The third kappa shape index (κ3) is 3.54. The summed E-state index contributed by atoms with van der Waals surface area (Å²) in [5.41, 5.74) is 3.13. The number of ether oxygens (including phenoxy) is 1. The number of hydrogen-bond acceptors (Lipinski definition) is 4. The molecule has 126 valence electrons. The van der Waals surface area contributed by atoms with Crippen LogP contribution in [0.15, 0.2) is 36.4 Å². The maximum Gasteiger partial charge on any atom is 0.254 e. The second kappa shape index (κ2) is 6.97. The molecule has 1 aliphatic rings. The zero-order valence-electron chi connectivity index (χ0n) is 13.8. The molecule has 0 aliphatic carbocycles. The summed E-state index contributed by atoms with van der Waals surface area (Å²) in [4.78, 5) is 18.9. The smallest absolute Gasteiger partial charge is 0.254 e. The Bertz CT molecular complexity index is 734. The summed E-state index contributed by atoms with van der Waals surface area (Å²) in [6, 6.07) is 9.49. The molecule has 1 saturated heterocycles. The van der Waals surface area contributed by atoms with Gasteiger partial charge in [0.05, 0.1) is 18.8 Å². The molecule has 1 atom stereocenters. The Morgan fingerprint density at radius 2 is 2.08 bits per heavy atom. The lowest BCUT2D eigenvalue weighted by Gasteiger charge is -2.33. The van der Waals surface area contributed by atoms with Crippen molar-refractivity contribution in [2.24, 2.45) is 0 Å². The average Bonchev–Trinajstić information content (AvgIpc) is 2.61. The van der Waals surface area contributed by atoms with Crippen LogP contribution in [0.5, 0.6) is 0 Å². The Labute approximate surface area is 140 Å². The standard InChI is InChI=1S/C18H20FN3O2/c1-12-9-15(20-2)10-16(21-12)17-11-22(7-8-24-17)18(23)13-3-5-14(19)6-4-13/h3-6,9-10,17H,7-8,11H2,1-2H3,(H,20,21). The van der Waals surface area contributed by atoms with Gasteiger partial charge in [-0.25, -0.2) is 4.39 Å². The van der Waals surface area contributed by atoms with Gasteiger partial charge in [-0.2, -0.15) is 0 Å². The van der Waals surface area contributed by atoms with E-state index in [1.165, 1.54) is 24.3 Å². The Morgan fingerprint density at radius 1 is 1.33 bits per heavy atom. The number of carbonyl (C=O) groups is 1.